The molecule has 0 spiro atoms. The summed E-state index contributed by atoms with van der Waals surface area (Å²) in [4.78, 5) is 0. The third kappa shape index (κ3) is 4.76. The summed E-state index contributed by atoms with van der Waals surface area (Å²) in [7, 11) is 0. The van der Waals surface area contributed by atoms with Crippen LogP contribution >= 0.6 is 22.7 Å². The Balaban J connectivity index is 1.25. The number of alkyl halides is 3. The highest BCUT2D eigenvalue weighted by atomic mass is 32.1. The van der Waals surface area contributed by atoms with Gasteiger partial charge in [-0.1, -0.05) is 91.0 Å². The summed E-state index contributed by atoms with van der Waals surface area (Å²) in [5, 5.41) is 30.6. The van der Waals surface area contributed by atoms with Gasteiger partial charge in [0.05, 0.1) is 50.6 Å². The quantitative estimate of drug-likeness (QED) is 0.178. The predicted octanol–water partition coefficient (Wildman–Crippen LogP) is 15.0. The van der Waals surface area contributed by atoms with Crippen LogP contribution in [0.3, 0.4) is 0 Å². The zero-order chi connectivity index (χ0) is 40.4. The van der Waals surface area contributed by atoms with Crippen LogP contribution in [0.1, 0.15) is 16.7 Å². The average Bonchev–Trinajstić information content (AvgIpc) is 4.03. The highest BCUT2D eigenvalue weighted by Gasteiger charge is 2.32. The van der Waals surface area contributed by atoms with Gasteiger partial charge in [-0.05, 0) is 71.8 Å². The average molecular weight is 815 g/mol. The molecule has 0 radical (unpaired) electrons. The van der Waals surface area contributed by atoms with E-state index in [1.54, 1.807) is 22.7 Å². The largest absolute Gasteiger partial charge is 0.416 e. The van der Waals surface area contributed by atoms with Crippen molar-refractivity contribution in [2.24, 2.45) is 0 Å². The van der Waals surface area contributed by atoms with Crippen molar-refractivity contribution in [3.05, 3.63) is 168 Å². The topological polar surface area (TPSA) is 57.4 Å². The van der Waals surface area contributed by atoms with E-state index in [0.717, 1.165) is 75.9 Å². The molecule has 4 aromatic heterocycles. The summed E-state index contributed by atoms with van der Waals surface area (Å²) in [6, 6.07) is 53.1. The third-order valence-electron chi connectivity index (χ3n) is 11.8. The standard InChI is InChI=1S/C51H25F3N4S2/c52-51(53,54)30-17-18-31(29(23-30)26-55)28-24-43(57-39-13-5-1-11-36(39)47-41(57)21-19-34-32-9-3-7-15-45(32)59-49(34)47)38(27-56)44(25-28)58-40-14-6-2-12-37(40)48-42(58)22-20-35-33-10-4-8-16-46(33)60-50(35)48/h1-25H. The SMILES string of the molecule is N#Cc1cc(C(F)(F)F)ccc1-c1cc(-n2c3ccccc3c3c4sc5ccccc5c4ccc32)c(C#N)c(-n2c3ccccc3c3c4sc5ccccc5c4ccc32)c1. The van der Waals surface area contributed by atoms with Crippen LogP contribution in [-0.2, 0) is 6.18 Å². The smallest absolute Gasteiger partial charge is 0.308 e. The summed E-state index contributed by atoms with van der Waals surface area (Å²) < 4.78 is 50.9. The second kappa shape index (κ2) is 12.5. The van der Waals surface area contributed by atoms with Gasteiger partial charge >= 0.3 is 6.18 Å². The number of halogens is 3. The van der Waals surface area contributed by atoms with Crippen molar-refractivity contribution < 1.29 is 13.2 Å². The fourth-order valence-corrected chi connectivity index (χ4v) is 11.8. The van der Waals surface area contributed by atoms with Gasteiger partial charge in [0.1, 0.15) is 11.6 Å². The number of nitrogens with zero attached hydrogens (tertiary/aromatic N) is 4. The second-order valence-corrected chi connectivity index (χ2v) is 17.0. The minimum absolute atomic E-state index is 0.116. The third-order valence-corrected chi connectivity index (χ3v) is 14.2. The van der Waals surface area contributed by atoms with Gasteiger partial charge in [-0.3, -0.25) is 0 Å². The number of nitriles is 2. The van der Waals surface area contributed by atoms with Gasteiger partial charge in [0.25, 0.3) is 0 Å². The van der Waals surface area contributed by atoms with E-state index in [9.17, 15) is 23.7 Å². The van der Waals surface area contributed by atoms with E-state index in [1.165, 1.54) is 26.2 Å². The van der Waals surface area contributed by atoms with Crippen molar-refractivity contribution in [3.63, 3.8) is 0 Å². The number of para-hydroxylation sites is 2. The molecule has 0 aliphatic carbocycles. The molecule has 60 heavy (non-hydrogen) atoms. The van der Waals surface area contributed by atoms with Gasteiger partial charge in [0.2, 0.25) is 0 Å². The summed E-state index contributed by atoms with van der Waals surface area (Å²) in [5.41, 5.74) is 4.82. The Morgan fingerprint density at radius 3 is 1.43 bits per heavy atom. The maximum atomic E-state index is 14.0. The molecule has 12 rings (SSSR count). The molecular formula is C51H25F3N4S2. The first kappa shape index (κ1) is 34.6. The fourth-order valence-electron chi connectivity index (χ4n) is 9.29. The Morgan fingerprint density at radius 2 is 0.950 bits per heavy atom. The molecule has 12 aromatic rings. The highest BCUT2D eigenvalue weighted by Crippen LogP contribution is 2.47. The summed E-state index contributed by atoms with van der Waals surface area (Å²) in [6.45, 7) is 0. The first-order valence-corrected chi connectivity index (χ1v) is 20.8. The molecule has 8 aromatic carbocycles. The number of fused-ring (bicyclic) bond motifs is 14. The van der Waals surface area contributed by atoms with E-state index in [-0.39, 0.29) is 5.56 Å². The normalized spacial score (nSPS) is 12.2. The molecule has 282 valence electrons. The van der Waals surface area contributed by atoms with Crippen molar-refractivity contribution >= 4 is 107 Å². The first-order chi connectivity index (χ1) is 29.3. The van der Waals surface area contributed by atoms with Gasteiger partial charge in [-0.25, -0.2) is 0 Å². The van der Waals surface area contributed by atoms with Crippen molar-refractivity contribution in [2.75, 3.05) is 0 Å². The Bertz CT molecular complexity index is 3710. The molecule has 0 atom stereocenters. The zero-order valence-electron chi connectivity index (χ0n) is 31.2. The van der Waals surface area contributed by atoms with Gasteiger partial charge in [0, 0.05) is 61.9 Å². The summed E-state index contributed by atoms with van der Waals surface area (Å²) in [6.07, 6.45) is -4.63. The van der Waals surface area contributed by atoms with Crippen LogP contribution in [0.5, 0.6) is 0 Å². The lowest BCUT2D eigenvalue weighted by molar-refractivity contribution is -0.137. The van der Waals surface area contributed by atoms with Crippen molar-refractivity contribution in [1.82, 2.24) is 9.13 Å². The molecule has 0 N–H and O–H groups in total. The van der Waals surface area contributed by atoms with E-state index in [2.05, 4.69) is 81.9 Å². The van der Waals surface area contributed by atoms with E-state index < -0.39 is 11.7 Å². The van der Waals surface area contributed by atoms with E-state index >= 15 is 0 Å². The minimum atomic E-state index is -4.63. The molecular weight excluding hydrogens is 790 g/mol. The number of aromatic nitrogens is 2. The predicted molar refractivity (Wildman–Crippen MR) is 241 cm³/mol. The monoisotopic (exact) mass is 814 g/mol. The number of benzene rings is 8. The maximum Gasteiger partial charge on any atom is 0.416 e. The van der Waals surface area contributed by atoms with Gasteiger partial charge in [-0.15, -0.1) is 22.7 Å². The lowest BCUT2D eigenvalue weighted by atomic mass is 9.95. The Morgan fingerprint density at radius 1 is 0.467 bits per heavy atom. The van der Waals surface area contributed by atoms with Crippen LogP contribution in [-0.4, -0.2) is 9.13 Å². The maximum absolute atomic E-state index is 14.0. The summed E-state index contributed by atoms with van der Waals surface area (Å²) >= 11 is 3.46. The van der Waals surface area contributed by atoms with Crippen LogP contribution in [0.25, 0.3) is 106 Å². The van der Waals surface area contributed by atoms with Crippen molar-refractivity contribution in [3.8, 4) is 34.6 Å². The van der Waals surface area contributed by atoms with Crippen LogP contribution in [0.15, 0.2) is 152 Å². The van der Waals surface area contributed by atoms with Gasteiger partial charge in [-0.2, -0.15) is 23.7 Å². The number of thiophene rings is 2. The summed E-state index contributed by atoms with van der Waals surface area (Å²) in [5.74, 6) is 0. The number of rotatable bonds is 3. The molecule has 0 fully saturated rings. The zero-order valence-corrected chi connectivity index (χ0v) is 32.8. The molecule has 0 saturated heterocycles. The number of hydrogen-bond donors (Lipinski definition) is 0. The van der Waals surface area contributed by atoms with Crippen molar-refractivity contribution in [1.29, 1.82) is 10.5 Å². The minimum Gasteiger partial charge on any atom is -0.308 e. The van der Waals surface area contributed by atoms with E-state index in [4.69, 9.17) is 0 Å². The molecule has 0 saturated carbocycles. The van der Waals surface area contributed by atoms with Crippen molar-refractivity contribution in [2.45, 2.75) is 6.18 Å². The molecule has 9 heteroatoms. The van der Waals surface area contributed by atoms with Gasteiger partial charge in [0.15, 0.2) is 0 Å². The fraction of sp³-hybridized carbons (Fsp3) is 0.0196. The molecule has 4 nitrogen and oxygen atoms in total. The highest BCUT2D eigenvalue weighted by molar-refractivity contribution is 7.27. The molecule has 0 unspecified atom stereocenters. The van der Waals surface area contributed by atoms with Crippen LogP contribution in [0, 0.1) is 22.7 Å². The molecule has 4 heterocycles. The lowest BCUT2D eigenvalue weighted by Gasteiger charge is -2.19. The molecule has 0 aliphatic heterocycles. The Hall–Kier alpha value is -7.43. The van der Waals surface area contributed by atoms with Crippen LogP contribution in [0.2, 0.25) is 0 Å². The number of hydrogen-bond acceptors (Lipinski definition) is 4. The molecule has 0 bridgehead atoms. The van der Waals surface area contributed by atoms with Crippen LogP contribution < -0.4 is 0 Å². The lowest BCUT2D eigenvalue weighted by Crippen LogP contribution is -2.07. The van der Waals surface area contributed by atoms with E-state index in [0.29, 0.717) is 28.1 Å². The van der Waals surface area contributed by atoms with E-state index in [1.807, 2.05) is 72.8 Å². The van der Waals surface area contributed by atoms with Crippen LogP contribution in [0.4, 0.5) is 13.2 Å². The second-order valence-electron chi connectivity index (χ2n) is 14.9. The van der Waals surface area contributed by atoms with Gasteiger partial charge < -0.3 is 9.13 Å². The Kier molecular flexibility index (Phi) is 7.23. The molecule has 0 amide bonds. The first-order valence-electron chi connectivity index (χ1n) is 19.2. The molecule has 0 aliphatic rings. The Labute approximate surface area is 347 Å².